The normalized spacial score (nSPS) is 14.7. The highest BCUT2D eigenvalue weighted by Crippen LogP contribution is 2.26. The second kappa shape index (κ2) is 8.33. The van der Waals surface area contributed by atoms with Crippen LogP contribution in [0.5, 0.6) is 5.75 Å². The van der Waals surface area contributed by atoms with Crippen LogP contribution in [0.3, 0.4) is 0 Å². The molecule has 2 amide bonds. The van der Waals surface area contributed by atoms with E-state index in [1.54, 1.807) is 35.2 Å². The van der Waals surface area contributed by atoms with E-state index in [0.29, 0.717) is 18.5 Å². The van der Waals surface area contributed by atoms with Gasteiger partial charge in [0.2, 0.25) is 5.91 Å². The van der Waals surface area contributed by atoms with Crippen LogP contribution in [-0.2, 0) is 11.3 Å². The number of carbonyl (C=O) groups is 2. The molecule has 0 radical (unpaired) electrons. The number of halogens is 3. The summed E-state index contributed by atoms with van der Waals surface area (Å²) in [5.41, 5.74) is 1.29. The molecule has 0 saturated carbocycles. The molecule has 1 N–H and O–H groups in total. The summed E-state index contributed by atoms with van der Waals surface area (Å²) in [5.74, 6) is -0.725. The van der Waals surface area contributed by atoms with Crippen molar-refractivity contribution in [3.63, 3.8) is 0 Å². The van der Waals surface area contributed by atoms with Gasteiger partial charge in [0.05, 0.1) is 0 Å². The van der Waals surface area contributed by atoms with Crippen LogP contribution in [0.25, 0.3) is 0 Å². The number of benzene rings is 2. The molecule has 0 bridgehead atoms. The monoisotopic (exact) mass is 392 g/mol. The first-order valence-electron chi connectivity index (χ1n) is 8.86. The van der Waals surface area contributed by atoms with Gasteiger partial charge >= 0.3 is 6.36 Å². The minimum atomic E-state index is -4.80. The summed E-state index contributed by atoms with van der Waals surface area (Å²) < 4.78 is 41.4. The maximum atomic E-state index is 12.5. The molecule has 1 fully saturated rings. The third kappa shape index (κ3) is 5.03. The Morgan fingerprint density at radius 1 is 1.07 bits per heavy atom. The zero-order valence-electron chi connectivity index (χ0n) is 15.0. The lowest BCUT2D eigenvalue weighted by molar-refractivity contribution is -0.274. The van der Waals surface area contributed by atoms with Crippen molar-refractivity contribution < 1.29 is 27.5 Å². The highest BCUT2D eigenvalue weighted by Gasteiger charge is 2.32. The van der Waals surface area contributed by atoms with E-state index in [1.165, 1.54) is 18.2 Å². The molecule has 5 nitrogen and oxygen atoms in total. The molecule has 1 heterocycles. The molecular weight excluding hydrogens is 373 g/mol. The van der Waals surface area contributed by atoms with Crippen LogP contribution < -0.4 is 15.0 Å². The molecule has 0 atom stereocenters. The third-order valence-electron chi connectivity index (χ3n) is 4.40. The Bertz CT molecular complexity index is 851. The van der Waals surface area contributed by atoms with Crippen molar-refractivity contribution in [3.8, 4) is 5.75 Å². The Balaban J connectivity index is 1.63. The van der Waals surface area contributed by atoms with Gasteiger partial charge in [-0.1, -0.05) is 18.2 Å². The summed E-state index contributed by atoms with van der Waals surface area (Å²) >= 11 is 0. The maximum Gasteiger partial charge on any atom is 0.573 e. The van der Waals surface area contributed by atoms with Crippen LogP contribution in [0, 0.1) is 0 Å². The first kappa shape index (κ1) is 19.7. The average molecular weight is 392 g/mol. The SMILES string of the molecule is O=C(NCc1ccccc1OC(F)(F)F)c1ccc(N2CCCCC2=O)cc1. The Kier molecular flexibility index (Phi) is 5.87. The number of piperidine rings is 1. The fourth-order valence-electron chi connectivity index (χ4n) is 3.02. The van der Waals surface area contributed by atoms with Crippen molar-refractivity contribution >= 4 is 17.5 Å². The summed E-state index contributed by atoms with van der Waals surface area (Å²) in [6.07, 6.45) is -2.47. The molecule has 2 aromatic rings. The number of anilines is 1. The van der Waals surface area contributed by atoms with E-state index in [-0.39, 0.29) is 23.8 Å². The van der Waals surface area contributed by atoms with E-state index in [4.69, 9.17) is 0 Å². The molecule has 0 unspecified atom stereocenters. The van der Waals surface area contributed by atoms with Crippen molar-refractivity contribution in [1.82, 2.24) is 5.32 Å². The van der Waals surface area contributed by atoms with E-state index in [9.17, 15) is 22.8 Å². The summed E-state index contributed by atoms with van der Waals surface area (Å²) in [6.45, 7) is 0.539. The van der Waals surface area contributed by atoms with E-state index >= 15 is 0 Å². The maximum absolute atomic E-state index is 12.5. The molecule has 148 valence electrons. The number of ether oxygens (including phenoxy) is 1. The first-order chi connectivity index (χ1) is 13.3. The van der Waals surface area contributed by atoms with Crippen LogP contribution >= 0.6 is 0 Å². The second-order valence-electron chi connectivity index (χ2n) is 6.39. The Hall–Kier alpha value is -3.03. The lowest BCUT2D eigenvalue weighted by Crippen LogP contribution is -2.35. The predicted octanol–water partition coefficient (Wildman–Crippen LogP) is 4.03. The number of para-hydroxylation sites is 1. The zero-order valence-corrected chi connectivity index (χ0v) is 15.0. The summed E-state index contributed by atoms with van der Waals surface area (Å²) in [6, 6.07) is 12.2. The molecule has 0 aliphatic carbocycles. The van der Waals surface area contributed by atoms with Crippen LogP contribution in [0.2, 0.25) is 0 Å². The number of carbonyl (C=O) groups excluding carboxylic acids is 2. The smallest absolute Gasteiger partial charge is 0.405 e. The summed E-state index contributed by atoms with van der Waals surface area (Å²) in [7, 11) is 0. The van der Waals surface area contributed by atoms with E-state index in [2.05, 4.69) is 10.1 Å². The summed E-state index contributed by atoms with van der Waals surface area (Å²) in [4.78, 5) is 26.0. The summed E-state index contributed by atoms with van der Waals surface area (Å²) in [5, 5.41) is 2.58. The van der Waals surface area contributed by atoms with Crippen molar-refractivity contribution in [2.45, 2.75) is 32.2 Å². The van der Waals surface area contributed by atoms with Gasteiger partial charge in [-0.05, 0) is 43.2 Å². The molecule has 1 saturated heterocycles. The number of rotatable bonds is 5. The quantitative estimate of drug-likeness (QED) is 0.836. The van der Waals surface area contributed by atoms with Gasteiger partial charge in [-0.2, -0.15) is 0 Å². The molecular formula is C20H19F3N2O3. The highest BCUT2D eigenvalue weighted by atomic mass is 19.4. The van der Waals surface area contributed by atoms with E-state index in [1.807, 2.05) is 0 Å². The average Bonchev–Trinajstić information content (AvgIpc) is 2.66. The number of amides is 2. The minimum absolute atomic E-state index is 0.0599. The molecule has 8 heteroatoms. The fourth-order valence-corrected chi connectivity index (χ4v) is 3.02. The van der Waals surface area contributed by atoms with Crippen LogP contribution in [0.4, 0.5) is 18.9 Å². The lowest BCUT2D eigenvalue weighted by Gasteiger charge is -2.26. The van der Waals surface area contributed by atoms with Gasteiger partial charge in [-0.25, -0.2) is 0 Å². The number of nitrogens with zero attached hydrogens (tertiary/aromatic N) is 1. The van der Waals surface area contributed by atoms with Gasteiger partial charge in [0.1, 0.15) is 5.75 Å². The molecule has 1 aliphatic heterocycles. The highest BCUT2D eigenvalue weighted by molar-refractivity contribution is 5.96. The largest absolute Gasteiger partial charge is 0.573 e. The van der Waals surface area contributed by atoms with Crippen molar-refractivity contribution in [2.75, 3.05) is 11.4 Å². The molecule has 3 rings (SSSR count). The predicted molar refractivity (Wildman–Crippen MR) is 96.9 cm³/mol. The van der Waals surface area contributed by atoms with Gasteiger partial charge in [0.25, 0.3) is 5.91 Å². The van der Waals surface area contributed by atoms with Crippen molar-refractivity contribution in [2.24, 2.45) is 0 Å². The molecule has 28 heavy (non-hydrogen) atoms. The van der Waals surface area contributed by atoms with Crippen LogP contribution in [0.1, 0.15) is 35.2 Å². The van der Waals surface area contributed by atoms with Gasteiger partial charge in [0.15, 0.2) is 0 Å². The molecule has 0 spiro atoms. The fraction of sp³-hybridized carbons (Fsp3) is 0.300. The number of hydrogen-bond donors (Lipinski definition) is 1. The number of nitrogens with one attached hydrogen (secondary N) is 1. The Morgan fingerprint density at radius 3 is 2.46 bits per heavy atom. The number of alkyl halides is 3. The zero-order chi connectivity index (χ0) is 20.1. The topological polar surface area (TPSA) is 58.6 Å². The van der Waals surface area contributed by atoms with Crippen LogP contribution in [-0.4, -0.2) is 24.7 Å². The van der Waals surface area contributed by atoms with E-state index < -0.39 is 12.3 Å². The number of hydrogen-bond acceptors (Lipinski definition) is 3. The van der Waals surface area contributed by atoms with Gasteiger partial charge in [-0.15, -0.1) is 13.2 Å². The Morgan fingerprint density at radius 2 is 1.79 bits per heavy atom. The van der Waals surface area contributed by atoms with E-state index in [0.717, 1.165) is 18.5 Å². The Labute approximate surface area is 160 Å². The minimum Gasteiger partial charge on any atom is -0.405 e. The van der Waals surface area contributed by atoms with Crippen molar-refractivity contribution in [1.29, 1.82) is 0 Å². The van der Waals surface area contributed by atoms with Crippen LogP contribution in [0.15, 0.2) is 48.5 Å². The molecule has 0 aromatic heterocycles. The first-order valence-corrected chi connectivity index (χ1v) is 8.86. The second-order valence-corrected chi connectivity index (χ2v) is 6.39. The lowest BCUT2D eigenvalue weighted by atomic mass is 10.1. The third-order valence-corrected chi connectivity index (χ3v) is 4.40. The van der Waals surface area contributed by atoms with Crippen molar-refractivity contribution in [3.05, 3.63) is 59.7 Å². The van der Waals surface area contributed by atoms with Gasteiger partial charge in [0, 0.05) is 36.3 Å². The van der Waals surface area contributed by atoms with Gasteiger partial charge in [-0.3, -0.25) is 9.59 Å². The standard InChI is InChI=1S/C20H19F3N2O3/c21-20(22,23)28-17-6-2-1-5-15(17)13-24-19(27)14-8-10-16(11-9-14)25-12-4-3-7-18(25)26/h1-2,5-6,8-11H,3-4,7,12-13H2,(H,24,27). The molecule has 2 aromatic carbocycles. The van der Waals surface area contributed by atoms with Gasteiger partial charge < -0.3 is 15.0 Å². The molecule has 1 aliphatic rings.